The van der Waals surface area contributed by atoms with Crippen LogP contribution in [0.4, 0.5) is 0 Å². The molecule has 0 N–H and O–H groups in total. The van der Waals surface area contributed by atoms with E-state index in [1.54, 1.807) is 0 Å². The summed E-state index contributed by atoms with van der Waals surface area (Å²) >= 11 is 0. The zero-order valence-corrected chi connectivity index (χ0v) is 24.3. The van der Waals surface area contributed by atoms with E-state index in [-0.39, 0.29) is 5.56 Å². The van der Waals surface area contributed by atoms with Gasteiger partial charge in [-0.25, -0.2) is 0 Å². The van der Waals surface area contributed by atoms with Gasteiger partial charge in [0.2, 0.25) is 0 Å². The third-order valence-corrected chi connectivity index (χ3v) is 9.71. The number of hydrogen-bond donors (Lipinski definition) is 0. The Morgan fingerprint density at radius 2 is 0.889 bits per heavy atom. The Labute approximate surface area is 258 Å². The van der Waals surface area contributed by atoms with Crippen molar-refractivity contribution in [1.82, 2.24) is 4.40 Å². The van der Waals surface area contributed by atoms with Crippen molar-refractivity contribution in [1.29, 1.82) is 0 Å². The van der Waals surface area contributed by atoms with E-state index in [4.69, 9.17) is 0 Å². The largest absolute Gasteiger partial charge is 0.275 e. The maximum Gasteiger partial charge on any atom is 0.263 e. The number of aromatic nitrogens is 1. The molecule has 2 heterocycles. The van der Waals surface area contributed by atoms with Gasteiger partial charge in [-0.2, -0.15) is 0 Å². The zero-order chi connectivity index (χ0) is 29.6. The first kappa shape index (κ1) is 24.5. The van der Waals surface area contributed by atoms with E-state index in [2.05, 4.69) is 127 Å². The Hall–Kier alpha value is -5.99. The molecule has 45 heavy (non-hydrogen) atoms. The van der Waals surface area contributed by atoms with Gasteiger partial charge in [0, 0.05) is 21.5 Å². The lowest BCUT2D eigenvalue weighted by molar-refractivity contribution is 1.21. The van der Waals surface area contributed by atoms with Crippen LogP contribution in [0.25, 0.3) is 92.5 Å². The molecule has 0 radical (unpaired) electrons. The second kappa shape index (κ2) is 9.01. The highest BCUT2D eigenvalue weighted by molar-refractivity contribution is 6.28. The summed E-state index contributed by atoms with van der Waals surface area (Å²) in [6.07, 6.45) is 0. The molecule has 8 aromatic carbocycles. The van der Waals surface area contributed by atoms with Gasteiger partial charge in [0.15, 0.2) is 0 Å². The number of fused-ring (bicyclic) bond motifs is 11. The van der Waals surface area contributed by atoms with Gasteiger partial charge in [0.1, 0.15) is 0 Å². The SMILES string of the molecule is O=c1c2ccccc2c2cc(-c3ccc4c5ccccc5c5ccccc5c4c3)c(-c3ccccc3)c3c4ccccc4n1c23. The zero-order valence-electron chi connectivity index (χ0n) is 24.3. The number of para-hydroxylation sites is 1. The molecular weight excluding hydrogens is 546 g/mol. The van der Waals surface area contributed by atoms with Crippen molar-refractivity contribution in [2.75, 3.05) is 0 Å². The van der Waals surface area contributed by atoms with Crippen molar-refractivity contribution in [3.63, 3.8) is 0 Å². The molecule has 0 saturated carbocycles. The minimum absolute atomic E-state index is 0.0279. The first-order valence-electron chi connectivity index (χ1n) is 15.4. The number of nitrogens with zero attached hydrogens (tertiary/aromatic N) is 1. The minimum Gasteiger partial charge on any atom is -0.275 e. The van der Waals surface area contributed by atoms with Gasteiger partial charge in [0.05, 0.1) is 11.0 Å². The van der Waals surface area contributed by atoms with Crippen molar-refractivity contribution in [2.45, 2.75) is 0 Å². The Balaban J connectivity index is 1.45. The monoisotopic (exact) mass is 571 g/mol. The van der Waals surface area contributed by atoms with Crippen molar-refractivity contribution < 1.29 is 0 Å². The molecule has 0 aliphatic rings. The molecule has 0 unspecified atom stereocenters. The average Bonchev–Trinajstić information content (AvgIpc) is 3.46. The number of pyridine rings is 1. The van der Waals surface area contributed by atoms with Crippen LogP contribution >= 0.6 is 0 Å². The lowest BCUT2D eigenvalue weighted by atomic mass is 9.86. The standard InChI is InChI=1S/C43H25NO/c45-43-34-19-9-8-18-32(34)38-25-36(40(26-12-2-1-3-13-26)41-35-20-10-11-21-39(35)44(43)42(38)41)27-22-23-33-30-16-5-4-14-28(30)29-15-6-7-17-31(29)37(33)24-27/h1-25H. The van der Waals surface area contributed by atoms with E-state index < -0.39 is 0 Å². The summed E-state index contributed by atoms with van der Waals surface area (Å²) in [5, 5.41) is 12.6. The molecule has 0 saturated heterocycles. The predicted octanol–water partition coefficient (Wildman–Crippen LogP) is 11.0. The van der Waals surface area contributed by atoms with E-state index in [1.807, 2.05) is 28.7 Å². The molecule has 0 bridgehead atoms. The summed E-state index contributed by atoms with van der Waals surface area (Å²) in [6.45, 7) is 0. The average molecular weight is 572 g/mol. The van der Waals surface area contributed by atoms with Crippen LogP contribution in [-0.4, -0.2) is 4.40 Å². The molecule has 0 fully saturated rings. The van der Waals surface area contributed by atoms with Crippen molar-refractivity contribution in [3.05, 3.63) is 162 Å². The highest BCUT2D eigenvalue weighted by Gasteiger charge is 2.23. The lowest BCUT2D eigenvalue weighted by Gasteiger charge is -2.17. The minimum atomic E-state index is 0.0279. The molecule has 0 aliphatic heterocycles. The molecule has 0 spiro atoms. The van der Waals surface area contributed by atoms with Crippen molar-refractivity contribution in [2.24, 2.45) is 0 Å². The van der Waals surface area contributed by atoms with Crippen molar-refractivity contribution >= 4 is 70.3 Å². The maximum atomic E-state index is 14.1. The highest BCUT2D eigenvalue weighted by atomic mass is 16.1. The molecule has 2 aromatic heterocycles. The molecule has 0 amide bonds. The van der Waals surface area contributed by atoms with Gasteiger partial charge < -0.3 is 0 Å². The summed E-state index contributed by atoms with van der Waals surface area (Å²) in [6, 6.07) is 53.8. The van der Waals surface area contributed by atoms with Gasteiger partial charge in [-0.15, -0.1) is 0 Å². The Bertz CT molecular complexity index is 2850. The van der Waals surface area contributed by atoms with Crippen LogP contribution in [-0.2, 0) is 0 Å². The van der Waals surface area contributed by atoms with Crippen LogP contribution < -0.4 is 5.56 Å². The van der Waals surface area contributed by atoms with Gasteiger partial charge in [0.25, 0.3) is 5.56 Å². The third-order valence-electron chi connectivity index (χ3n) is 9.71. The summed E-state index contributed by atoms with van der Waals surface area (Å²) in [5.41, 5.74) is 6.57. The van der Waals surface area contributed by atoms with Crippen LogP contribution in [0.3, 0.4) is 0 Å². The topological polar surface area (TPSA) is 21.5 Å². The number of rotatable bonds is 2. The second-order valence-corrected chi connectivity index (χ2v) is 12.0. The normalized spacial score (nSPS) is 12.1. The van der Waals surface area contributed by atoms with Crippen LogP contribution in [0.1, 0.15) is 0 Å². The van der Waals surface area contributed by atoms with Gasteiger partial charge >= 0.3 is 0 Å². The van der Waals surface area contributed by atoms with Crippen LogP contribution in [0.5, 0.6) is 0 Å². The fourth-order valence-electron chi connectivity index (χ4n) is 7.82. The van der Waals surface area contributed by atoms with E-state index in [0.29, 0.717) is 0 Å². The van der Waals surface area contributed by atoms with Gasteiger partial charge in [-0.1, -0.05) is 127 Å². The second-order valence-electron chi connectivity index (χ2n) is 12.0. The fourth-order valence-corrected chi connectivity index (χ4v) is 7.82. The van der Waals surface area contributed by atoms with E-state index in [0.717, 1.165) is 60.2 Å². The summed E-state index contributed by atoms with van der Waals surface area (Å²) in [5.74, 6) is 0. The molecule has 0 atom stereocenters. The first-order valence-corrected chi connectivity index (χ1v) is 15.4. The molecule has 10 rings (SSSR count). The molecule has 2 heteroatoms. The number of benzene rings is 8. The maximum absolute atomic E-state index is 14.1. The van der Waals surface area contributed by atoms with Crippen molar-refractivity contribution in [3.8, 4) is 22.3 Å². The van der Waals surface area contributed by atoms with Crippen LogP contribution in [0.2, 0.25) is 0 Å². The Kier molecular flexibility index (Phi) is 4.90. The van der Waals surface area contributed by atoms with Crippen LogP contribution in [0.15, 0.2) is 156 Å². The molecule has 10 aromatic rings. The highest BCUT2D eigenvalue weighted by Crippen LogP contribution is 2.47. The Morgan fingerprint density at radius 3 is 1.56 bits per heavy atom. The number of hydrogen-bond acceptors (Lipinski definition) is 1. The lowest BCUT2D eigenvalue weighted by Crippen LogP contribution is -2.12. The van der Waals surface area contributed by atoms with E-state index in [9.17, 15) is 4.79 Å². The van der Waals surface area contributed by atoms with E-state index in [1.165, 1.54) is 32.3 Å². The summed E-state index contributed by atoms with van der Waals surface area (Å²) in [4.78, 5) is 14.1. The Morgan fingerprint density at radius 1 is 0.378 bits per heavy atom. The molecule has 0 aliphatic carbocycles. The molecular formula is C43H25NO. The quantitative estimate of drug-likeness (QED) is 0.189. The molecule has 208 valence electrons. The van der Waals surface area contributed by atoms with Gasteiger partial charge in [-0.05, 0) is 84.2 Å². The predicted molar refractivity (Wildman–Crippen MR) is 191 cm³/mol. The van der Waals surface area contributed by atoms with Gasteiger partial charge in [-0.3, -0.25) is 9.20 Å². The first-order chi connectivity index (χ1) is 22.3. The third kappa shape index (κ3) is 3.26. The fraction of sp³-hybridized carbons (Fsp3) is 0. The smallest absolute Gasteiger partial charge is 0.263 e. The summed E-state index contributed by atoms with van der Waals surface area (Å²) in [7, 11) is 0. The van der Waals surface area contributed by atoms with E-state index >= 15 is 0 Å². The van der Waals surface area contributed by atoms with Crippen LogP contribution in [0, 0.1) is 0 Å². The summed E-state index contributed by atoms with van der Waals surface area (Å²) < 4.78 is 1.94. The molecule has 2 nitrogen and oxygen atoms in total.